The van der Waals surface area contributed by atoms with Crippen LogP contribution in [0.2, 0.25) is 0 Å². The molecule has 1 N–H and O–H groups in total. The Morgan fingerprint density at radius 2 is 2.00 bits per heavy atom. The van der Waals surface area contributed by atoms with Crippen LogP contribution in [0.15, 0.2) is 42.7 Å². The van der Waals surface area contributed by atoms with Crippen molar-refractivity contribution in [2.75, 3.05) is 13.7 Å². The molecule has 0 aliphatic heterocycles. The van der Waals surface area contributed by atoms with Crippen LogP contribution in [0.3, 0.4) is 0 Å². The molecule has 0 saturated carbocycles. The van der Waals surface area contributed by atoms with Crippen molar-refractivity contribution in [3.05, 3.63) is 59.4 Å². The smallest absolute Gasteiger partial charge is 0.337 e. The lowest BCUT2D eigenvalue weighted by Crippen LogP contribution is -2.17. The summed E-state index contributed by atoms with van der Waals surface area (Å²) < 4.78 is 6.85. The molecule has 0 saturated heterocycles. The Kier molecular flexibility index (Phi) is 5.17. The van der Waals surface area contributed by atoms with E-state index in [1.54, 1.807) is 12.1 Å². The predicted octanol–water partition coefficient (Wildman–Crippen LogP) is 2.99. The standard InChI is InChI=1S/C17H22N2O2/c1-4-18-13(2)16-9-10-19(12-16)11-14-5-7-15(8-6-14)17(20)21-3/h5-10,12-13,18H,4,11H2,1-3H3. The van der Waals surface area contributed by atoms with Crippen LogP contribution in [0.5, 0.6) is 0 Å². The van der Waals surface area contributed by atoms with E-state index in [1.807, 2.05) is 12.1 Å². The molecule has 112 valence electrons. The van der Waals surface area contributed by atoms with Crippen molar-refractivity contribution >= 4 is 5.97 Å². The van der Waals surface area contributed by atoms with Gasteiger partial charge in [-0.05, 0) is 42.8 Å². The molecule has 4 heteroatoms. The lowest BCUT2D eigenvalue weighted by Gasteiger charge is -2.10. The van der Waals surface area contributed by atoms with Crippen LogP contribution in [-0.2, 0) is 11.3 Å². The Morgan fingerprint density at radius 3 is 2.62 bits per heavy atom. The minimum atomic E-state index is -0.302. The van der Waals surface area contributed by atoms with Crippen molar-refractivity contribution in [3.8, 4) is 0 Å². The number of ether oxygens (including phenoxy) is 1. The van der Waals surface area contributed by atoms with Crippen LogP contribution >= 0.6 is 0 Å². The van der Waals surface area contributed by atoms with E-state index in [1.165, 1.54) is 12.7 Å². The van der Waals surface area contributed by atoms with Crippen molar-refractivity contribution < 1.29 is 9.53 Å². The highest BCUT2D eigenvalue weighted by molar-refractivity contribution is 5.89. The maximum Gasteiger partial charge on any atom is 0.337 e. The molecule has 1 atom stereocenters. The fourth-order valence-corrected chi connectivity index (χ4v) is 2.31. The van der Waals surface area contributed by atoms with Gasteiger partial charge in [0.15, 0.2) is 0 Å². The molecular formula is C17H22N2O2. The number of nitrogens with one attached hydrogen (secondary N) is 1. The minimum absolute atomic E-state index is 0.302. The molecule has 0 spiro atoms. The minimum Gasteiger partial charge on any atom is -0.465 e. The second-order valence-corrected chi connectivity index (χ2v) is 5.09. The van der Waals surface area contributed by atoms with E-state index < -0.39 is 0 Å². The van der Waals surface area contributed by atoms with E-state index >= 15 is 0 Å². The molecule has 2 aromatic rings. The number of benzene rings is 1. The predicted molar refractivity (Wildman–Crippen MR) is 83.4 cm³/mol. The summed E-state index contributed by atoms with van der Waals surface area (Å²) in [4.78, 5) is 11.4. The quantitative estimate of drug-likeness (QED) is 0.830. The SMILES string of the molecule is CCNC(C)c1ccn(Cc2ccc(C(=O)OC)cc2)c1. The average Bonchev–Trinajstić information content (AvgIpc) is 2.96. The summed E-state index contributed by atoms with van der Waals surface area (Å²) in [5.74, 6) is -0.302. The van der Waals surface area contributed by atoms with Crippen molar-refractivity contribution in [1.82, 2.24) is 9.88 Å². The fourth-order valence-electron chi connectivity index (χ4n) is 2.31. The van der Waals surface area contributed by atoms with Gasteiger partial charge in [-0.1, -0.05) is 19.1 Å². The largest absolute Gasteiger partial charge is 0.465 e. The first-order chi connectivity index (χ1) is 10.1. The van der Waals surface area contributed by atoms with Crippen molar-refractivity contribution in [1.29, 1.82) is 0 Å². The van der Waals surface area contributed by atoms with Crippen molar-refractivity contribution in [2.24, 2.45) is 0 Å². The second-order valence-electron chi connectivity index (χ2n) is 5.09. The fraction of sp³-hybridized carbons (Fsp3) is 0.353. The molecule has 0 bridgehead atoms. The summed E-state index contributed by atoms with van der Waals surface area (Å²) in [7, 11) is 1.39. The Bertz CT molecular complexity index is 587. The van der Waals surface area contributed by atoms with Crippen LogP contribution in [-0.4, -0.2) is 24.2 Å². The molecular weight excluding hydrogens is 264 g/mol. The summed E-state index contributed by atoms with van der Waals surface area (Å²) >= 11 is 0. The molecule has 2 rings (SSSR count). The van der Waals surface area contributed by atoms with Gasteiger partial charge in [0, 0.05) is 25.0 Å². The van der Waals surface area contributed by atoms with E-state index in [0.717, 1.165) is 18.7 Å². The molecule has 21 heavy (non-hydrogen) atoms. The zero-order valence-electron chi connectivity index (χ0n) is 12.8. The summed E-state index contributed by atoms with van der Waals surface area (Å²) in [5.41, 5.74) is 3.01. The van der Waals surface area contributed by atoms with Crippen LogP contribution in [0.25, 0.3) is 0 Å². The number of hydrogen-bond acceptors (Lipinski definition) is 3. The molecule has 1 aromatic carbocycles. The van der Waals surface area contributed by atoms with Crippen LogP contribution < -0.4 is 5.32 Å². The monoisotopic (exact) mass is 286 g/mol. The molecule has 1 unspecified atom stereocenters. The third-order valence-corrected chi connectivity index (χ3v) is 3.52. The number of esters is 1. The molecule has 0 aliphatic carbocycles. The van der Waals surface area contributed by atoms with Crippen LogP contribution in [0, 0.1) is 0 Å². The first-order valence-corrected chi connectivity index (χ1v) is 7.20. The van der Waals surface area contributed by atoms with Gasteiger partial charge < -0.3 is 14.6 Å². The van der Waals surface area contributed by atoms with E-state index in [9.17, 15) is 4.79 Å². The van der Waals surface area contributed by atoms with Gasteiger partial charge in [-0.2, -0.15) is 0 Å². The highest BCUT2D eigenvalue weighted by Gasteiger charge is 2.07. The molecule has 0 fully saturated rings. The highest BCUT2D eigenvalue weighted by atomic mass is 16.5. The third kappa shape index (κ3) is 3.95. The summed E-state index contributed by atoms with van der Waals surface area (Å²) in [6, 6.07) is 10.0. The molecule has 1 aromatic heterocycles. The normalized spacial score (nSPS) is 12.1. The number of carbonyl (C=O) groups is 1. The lowest BCUT2D eigenvalue weighted by atomic mass is 10.1. The maximum absolute atomic E-state index is 11.4. The Morgan fingerprint density at radius 1 is 1.29 bits per heavy atom. The van der Waals surface area contributed by atoms with E-state index in [2.05, 4.69) is 42.2 Å². The van der Waals surface area contributed by atoms with Gasteiger partial charge in [0.05, 0.1) is 12.7 Å². The zero-order valence-corrected chi connectivity index (χ0v) is 12.8. The van der Waals surface area contributed by atoms with Gasteiger partial charge in [-0.15, -0.1) is 0 Å². The number of carbonyl (C=O) groups excluding carboxylic acids is 1. The summed E-state index contributed by atoms with van der Waals surface area (Å²) in [5, 5.41) is 3.40. The average molecular weight is 286 g/mol. The van der Waals surface area contributed by atoms with Gasteiger partial charge in [0.1, 0.15) is 0 Å². The topological polar surface area (TPSA) is 43.3 Å². The van der Waals surface area contributed by atoms with Gasteiger partial charge in [-0.3, -0.25) is 0 Å². The maximum atomic E-state index is 11.4. The highest BCUT2D eigenvalue weighted by Crippen LogP contribution is 2.14. The second kappa shape index (κ2) is 7.09. The van der Waals surface area contributed by atoms with Gasteiger partial charge in [-0.25, -0.2) is 4.79 Å². The number of aromatic nitrogens is 1. The number of rotatable bonds is 6. The first-order valence-electron chi connectivity index (χ1n) is 7.20. The number of hydrogen-bond donors (Lipinski definition) is 1. The Balaban J connectivity index is 2.03. The molecule has 0 amide bonds. The molecule has 1 heterocycles. The molecule has 0 aliphatic rings. The van der Waals surface area contributed by atoms with Crippen LogP contribution in [0.1, 0.15) is 41.4 Å². The summed E-state index contributed by atoms with van der Waals surface area (Å²) in [6.07, 6.45) is 4.24. The van der Waals surface area contributed by atoms with Crippen molar-refractivity contribution in [3.63, 3.8) is 0 Å². The first kappa shape index (κ1) is 15.3. The van der Waals surface area contributed by atoms with Crippen molar-refractivity contribution in [2.45, 2.75) is 26.4 Å². The zero-order chi connectivity index (χ0) is 15.2. The molecule has 0 radical (unpaired) electrons. The summed E-state index contributed by atoms with van der Waals surface area (Å²) in [6.45, 7) is 6.02. The number of nitrogens with zero attached hydrogens (tertiary/aromatic N) is 1. The third-order valence-electron chi connectivity index (χ3n) is 3.52. The van der Waals surface area contributed by atoms with Gasteiger partial charge in [0.2, 0.25) is 0 Å². The Labute approximate surface area is 125 Å². The van der Waals surface area contributed by atoms with E-state index in [-0.39, 0.29) is 5.97 Å². The van der Waals surface area contributed by atoms with E-state index in [4.69, 9.17) is 4.74 Å². The lowest BCUT2D eigenvalue weighted by molar-refractivity contribution is 0.0600. The van der Waals surface area contributed by atoms with Gasteiger partial charge >= 0.3 is 5.97 Å². The van der Waals surface area contributed by atoms with Crippen LogP contribution in [0.4, 0.5) is 0 Å². The molecule has 4 nitrogen and oxygen atoms in total. The van der Waals surface area contributed by atoms with E-state index in [0.29, 0.717) is 11.6 Å². The van der Waals surface area contributed by atoms with Gasteiger partial charge in [0.25, 0.3) is 0 Å². The number of methoxy groups -OCH3 is 1. The Hall–Kier alpha value is -2.07.